The fourth-order valence-corrected chi connectivity index (χ4v) is 14.8. The molecule has 0 radical (unpaired) electrons. The summed E-state index contributed by atoms with van der Waals surface area (Å²) in [5.74, 6) is 1.03. The van der Waals surface area contributed by atoms with Gasteiger partial charge in [-0.15, -0.1) is 0 Å². The molecule has 0 N–H and O–H groups in total. The van der Waals surface area contributed by atoms with Crippen molar-refractivity contribution >= 4 is 123 Å². The summed E-state index contributed by atoms with van der Waals surface area (Å²) in [6.45, 7) is 11.3. The molecular weight excluding hydrogens is 1180 g/mol. The fraction of sp³-hybridized carbons (Fsp3) is 0.392. The van der Waals surface area contributed by atoms with E-state index in [-0.39, 0.29) is 5.97 Å². The second-order valence-corrected chi connectivity index (χ2v) is 23.8. The average molecular weight is 1240 g/mol. The first-order valence-corrected chi connectivity index (χ1v) is 29.5. The van der Waals surface area contributed by atoms with Crippen molar-refractivity contribution in [3.05, 3.63) is 117 Å². The minimum absolute atomic E-state index is 0.365. The van der Waals surface area contributed by atoms with Crippen molar-refractivity contribution in [1.29, 1.82) is 0 Å². The van der Waals surface area contributed by atoms with E-state index < -0.39 is 15.8 Å². The van der Waals surface area contributed by atoms with Crippen LogP contribution in [0.15, 0.2) is 86.1 Å². The standard InChI is InChI=1S/C51H57I3O6P2S/c1-6-11-18-33-25-35(20-13-8-3)47-41(27-33)42-28-34(19-12-7-2)26-36(21-14-9-4)48(42)57-61(56-47)58-49-37(22-15-10-5)29-38(52)30-43(49)44-31-39(53)32-45(54)50(44)59-62-60-51(55)40-23-16-17-24-46(40)63-62/h16-17,23-32H,6-15,18-22H2,1-5H3. The highest BCUT2D eigenvalue weighted by Gasteiger charge is 2.32. The predicted octanol–water partition coefficient (Wildman–Crippen LogP) is 18.9. The van der Waals surface area contributed by atoms with Crippen LogP contribution in [0, 0.1) is 10.7 Å². The molecule has 12 heteroatoms. The lowest BCUT2D eigenvalue weighted by Gasteiger charge is -2.24. The summed E-state index contributed by atoms with van der Waals surface area (Å²) < 4.78 is 37.7. The Bertz CT molecular complexity index is 2530. The van der Waals surface area contributed by atoms with Gasteiger partial charge >= 0.3 is 21.8 Å². The normalized spacial score (nSPS) is 13.7. The van der Waals surface area contributed by atoms with Crippen LogP contribution in [-0.2, 0) is 36.6 Å². The first-order chi connectivity index (χ1) is 30.6. The molecule has 0 saturated carbocycles. The number of hydrogen-bond donors (Lipinski definition) is 0. The minimum atomic E-state index is -1.99. The van der Waals surface area contributed by atoms with Crippen molar-refractivity contribution in [1.82, 2.24) is 0 Å². The quantitative estimate of drug-likeness (QED) is 0.0557. The van der Waals surface area contributed by atoms with E-state index in [1.165, 1.54) is 33.6 Å². The van der Waals surface area contributed by atoms with E-state index in [0.717, 1.165) is 156 Å². The molecule has 0 amide bonds. The van der Waals surface area contributed by atoms with Gasteiger partial charge < -0.3 is 22.0 Å². The lowest BCUT2D eigenvalue weighted by molar-refractivity contribution is 0.0740. The Kier molecular flexibility index (Phi) is 18.4. The Morgan fingerprint density at radius 2 is 1.06 bits per heavy atom. The van der Waals surface area contributed by atoms with Gasteiger partial charge in [0, 0.05) is 33.9 Å². The first-order valence-electron chi connectivity index (χ1n) is 22.6. The largest absolute Gasteiger partial charge is 0.453 e. The summed E-state index contributed by atoms with van der Waals surface area (Å²) in [5.41, 5.74) is 10.4. The van der Waals surface area contributed by atoms with Crippen molar-refractivity contribution < 1.29 is 26.8 Å². The van der Waals surface area contributed by atoms with Crippen LogP contribution < -0.4 is 9.05 Å². The van der Waals surface area contributed by atoms with Gasteiger partial charge in [0.15, 0.2) is 0 Å². The maximum Gasteiger partial charge on any atom is 0.453 e. The van der Waals surface area contributed by atoms with Gasteiger partial charge in [-0.2, -0.15) is 0 Å². The number of aryl methyl sites for hydroxylation is 5. The number of carbonyl (C=O) groups excluding carboxylic acids is 1. The summed E-state index contributed by atoms with van der Waals surface area (Å²) in [6.07, 6.45) is 15.6. The zero-order valence-electron chi connectivity index (χ0n) is 36.9. The maximum atomic E-state index is 13.2. The van der Waals surface area contributed by atoms with Gasteiger partial charge in [0.25, 0.3) is 0 Å². The molecule has 1 unspecified atom stereocenters. The van der Waals surface area contributed by atoms with Gasteiger partial charge in [-0.3, -0.25) is 0 Å². The van der Waals surface area contributed by atoms with Gasteiger partial charge in [-0.1, -0.05) is 91.0 Å². The SMILES string of the molecule is CCCCc1cc(CCCC)c2op(Oc3c(CCCC)cc(I)cc3-c3cc(I)cc(I)c3OP3OC(=O)c4ccccc4S3)oc3c(CCCC)cc(CCCC)cc3c2c1. The Labute approximate surface area is 420 Å². The molecule has 6 nitrogen and oxygen atoms in total. The molecule has 1 aromatic heterocycles. The van der Waals surface area contributed by atoms with Crippen LogP contribution in [-0.4, -0.2) is 5.97 Å². The van der Waals surface area contributed by atoms with Crippen LogP contribution in [0.2, 0.25) is 0 Å². The Balaban J connectivity index is 1.48. The average Bonchev–Trinajstić information content (AvgIpc) is 3.43. The maximum absolute atomic E-state index is 13.2. The zero-order valence-corrected chi connectivity index (χ0v) is 46.0. The number of hydrogen-bond acceptors (Lipinski definition) is 7. The van der Waals surface area contributed by atoms with E-state index in [1.54, 1.807) is 6.07 Å². The molecule has 0 saturated heterocycles. The third-order valence-electron chi connectivity index (χ3n) is 11.3. The molecule has 1 atom stereocenters. The molecule has 2 heterocycles. The smallest absolute Gasteiger partial charge is 0.429 e. The number of unbranched alkanes of at least 4 members (excludes halogenated alkanes) is 5. The molecule has 0 spiro atoms. The number of halogens is 3. The summed E-state index contributed by atoms with van der Waals surface area (Å²) in [5, 5.41) is 2.24. The number of rotatable bonds is 20. The monoisotopic (exact) mass is 1240 g/mol. The number of carbonyl (C=O) groups is 1. The highest BCUT2D eigenvalue weighted by molar-refractivity contribution is 14.1. The van der Waals surface area contributed by atoms with E-state index in [0.29, 0.717) is 11.3 Å². The van der Waals surface area contributed by atoms with Crippen molar-refractivity contribution in [2.75, 3.05) is 0 Å². The van der Waals surface area contributed by atoms with E-state index in [4.69, 9.17) is 22.0 Å². The van der Waals surface area contributed by atoms with Crippen molar-refractivity contribution in [2.24, 2.45) is 0 Å². The second-order valence-electron chi connectivity index (χ2n) is 16.3. The topological polar surface area (TPSA) is 71.0 Å². The second kappa shape index (κ2) is 23.7. The summed E-state index contributed by atoms with van der Waals surface area (Å²) in [6, 6.07) is 25.8. The fourth-order valence-electron chi connectivity index (χ4n) is 7.97. The van der Waals surface area contributed by atoms with Gasteiger partial charge in [0.05, 0.1) is 9.13 Å². The Morgan fingerprint density at radius 1 is 0.556 bits per heavy atom. The molecule has 1 aliphatic heterocycles. The van der Waals surface area contributed by atoms with Crippen molar-refractivity contribution in [2.45, 2.75) is 136 Å². The zero-order chi connectivity index (χ0) is 44.5. The van der Waals surface area contributed by atoms with Gasteiger partial charge in [0.1, 0.15) is 22.7 Å². The first kappa shape index (κ1) is 49.0. The predicted molar refractivity (Wildman–Crippen MR) is 291 cm³/mol. The number of benzene rings is 5. The Morgan fingerprint density at radius 3 is 1.63 bits per heavy atom. The van der Waals surface area contributed by atoms with E-state index >= 15 is 0 Å². The van der Waals surface area contributed by atoms with Crippen LogP contribution in [0.25, 0.3) is 33.1 Å². The molecule has 6 aromatic rings. The van der Waals surface area contributed by atoms with E-state index in [1.807, 2.05) is 18.2 Å². The third kappa shape index (κ3) is 12.1. The van der Waals surface area contributed by atoms with E-state index in [9.17, 15) is 4.79 Å². The van der Waals surface area contributed by atoms with Crippen molar-refractivity contribution in [3.8, 4) is 22.6 Å². The molecule has 0 bridgehead atoms. The van der Waals surface area contributed by atoms with Crippen molar-refractivity contribution in [3.63, 3.8) is 0 Å². The molecule has 0 fully saturated rings. The molecule has 1 aliphatic rings. The third-order valence-corrected chi connectivity index (χ3v) is 17.2. The van der Waals surface area contributed by atoms with Crippen LogP contribution in [0.1, 0.15) is 137 Å². The lowest BCUT2D eigenvalue weighted by atomic mass is 9.94. The molecular formula is C51H57I3O6P2S. The molecule has 0 aliphatic carbocycles. The Hall–Kier alpha value is -1.96. The van der Waals surface area contributed by atoms with Crippen LogP contribution in [0.3, 0.4) is 0 Å². The molecule has 63 heavy (non-hydrogen) atoms. The molecule has 5 aromatic carbocycles. The lowest BCUT2D eigenvalue weighted by Crippen LogP contribution is -2.09. The van der Waals surface area contributed by atoms with E-state index in [2.05, 4.69) is 151 Å². The highest BCUT2D eigenvalue weighted by atomic mass is 127. The minimum Gasteiger partial charge on any atom is -0.429 e. The highest BCUT2D eigenvalue weighted by Crippen LogP contribution is 2.61. The number of fused-ring (bicyclic) bond motifs is 4. The van der Waals surface area contributed by atoms with Crippen LogP contribution in [0.5, 0.6) is 11.5 Å². The summed E-state index contributed by atoms with van der Waals surface area (Å²) in [4.78, 5) is 14.1. The van der Waals surface area contributed by atoms with Gasteiger partial charge in [-0.05, 0) is 220 Å². The van der Waals surface area contributed by atoms with Crippen LogP contribution >= 0.6 is 95.0 Å². The van der Waals surface area contributed by atoms with Crippen LogP contribution in [0.4, 0.5) is 0 Å². The van der Waals surface area contributed by atoms with Gasteiger partial charge in [0.2, 0.25) is 0 Å². The summed E-state index contributed by atoms with van der Waals surface area (Å²) in [7, 11) is -3.67. The molecule has 334 valence electrons. The summed E-state index contributed by atoms with van der Waals surface area (Å²) >= 11 is 8.61. The molecule has 7 rings (SSSR count). The van der Waals surface area contributed by atoms with Gasteiger partial charge in [-0.25, -0.2) is 4.79 Å².